The zero-order valence-corrected chi connectivity index (χ0v) is 15.2. The molecule has 0 aliphatic heterocycles. The van der Waals surface area contributed by atoms with Gasteiger partial charge >= 0.3 is 6.18 Å². The van der Waals surface area contributed by atoms with E-state index in [-0.39, 0.29) is 16.9 Å². The summed E-state index contributed by atoms with van der Waals surface area (Å²) in [7, 11) is 0. The zero-order chi connectivity index (χ0) is 21.1. The van der Waals surface area contributed by atoms with Crippen LogP contribution in [0.2, 0.25) is 0 Å². The first kappa shape index (κ1) is 20.8. The summed E-state index contributed by atoms with van der Waals surface area (Å²) in [4.78, 5) is 11.7. The molecule has 0 atom stereocenters. The number of nitriles is 1. The van der Waals surface area contributed by atoms with Crippen molar-refractivity contribution < 1.29 is 23.1 Å². The molecule has 2 N–H and O–H groups in total. The number of aliphatic hydroxyl groups excluding tert-OH is 1. The Labute approximate surface area is 158 Å². The smallest absolute Gasteiger partial charge is 0.456 e. The first-order valence-electron chi connectivity index (χ1n) is 7.97. The van der Waals surface area contributed by atoms with Gasteiger partial charge in [-0.1, -0.05) is 51.1 Å². The number of alkyl halides is 3. The third-order valence-electron chi connectivity index (χ3n) is 3.60. The molecule has 1 heterocycles. The maximum Gasteiger partial charge on any atom is 0.456 e. The van der Waals surface area contributed by atoms with Gasteiger partial charge in [0.1, 0.15) is 11.6 Å². The summed E-state index contributed by atoms with van der Waals surface area (Å²) in [6.07, 6.45) is -5.28. The minimum absolute atomic E-state index is 0.0192. The van der Waals surface area contributed by atoms with E-state index in [1.165, 1.54) is 24.3 Å². The second kappa shape index (κ2) is 7.64. The molecular formula is C18H16F3N5O2. The van der Waals surface area contributed by atoms with Crippen molar-refractivity contribution in [3.05, 3.63) is 52.8 Å². The third kappa shape index (κ3) is 4.43. The van der Waals surface area contributed by atoms with E-state index in [0.29, 0.717) is 5.69 Å². The van der Waals surface area contributed by atoms with Gasteiger partial charge in [0, 0.05) is 11.0 Å². The highest BCUT2D eigenvalue weighted by molar-refractivity contribution is 6.04. The lowest BCUT2D eigenvalue weighted by Crippen LogP contribution is -2.24. The number of nitrogens with one attached hydrogen (secondary N) is 1. The molecule has 0 saturated heterocycles. The van der Waals surface area contributed by atoms with Gasteiger partial charge in [-0.15, -0.1) is 10.2 Å². The van der Waals surface area contributed by atoms with E-state index in [9.17, 15) is 28.3 Å². The molecule has 28 heavy (non-hydrogen) atoms. The molecule has 10 heteroatoms. The van der Waals surface area contributed by atoms with Crippen molar-refractivity contribution in [3.8, 4) is 6.07 Å². The van der Waals surface area contributed by atoms with Crippen molar-refractivity contribution in [1.29, 1.82) is 5.26 Å². The van der Waals surface area contributed by atoms with Gasteiger partial charge in [0.05, 0.1) is 5.69 Å². The van der Waals surface area contributed by atoms with Crippen molar-refractivity contribution in [2.45, 2.75) is 32.4 Å². The van der Waals surface area contributed by atoms with E-state index in [1.807, 2.05) is 6.07 Å². The van der Waals surface area contributed by atoms with E-state index in [2.05, 4.69) is 20.4 Å². The third-order valence-corrected chi connectivity index (χ3v) is 3.60. The molecule has 0 radical (unpaired) electrons. The van der Waals surface area contributed by atoms with Gasteiger partial charge in [0.25, 0.3) is 5.78 Å². The van der Waals surface area contributed by atoms with E-state index in [0.717, 1.165) is 0 Å². The van der Waals surface area contributed by atoms with Crippen LogP contribution in [0.25, 0.3) is 5.76 Å². The standard InChI is InChI=1S/C18H16F3N5O2/c1-17(2,3)14-11(9-22)16(26-24-14)25-23-12(15(28)18(19,20)21)13(27)10-7-5-4-6-8-10/h4-8,27H,1-3H3,(H,24,26)/b13-12-,25-23+. The predicted molar refractivity (Wildman–Crippen MR) is 93.6 cm³/mol. The topological polar surface area (TPSA) is 114 Å². The molecule has 0 unspecified atom stereocenters. The van der Waals surface area contributed by atoms with Crippen LogP contribution in [0.15, 0.2) is 46.3 Å². The van der Waals surface area contributed by atoms with Crippen molar-refractivity contribution in [2.24, 2.45) is 10.2 Å². The van der Waals surface area contributed by atoms with E-state index < -0.39 is 28.8 Å². The van der Waals surface area contributed by atoms with Crippen LogP contribution in [0.1, 0.15) is 37.6 Å². The molecule has 1 aromatic heterocycles. The molecular weight excluding hydrogens is 375 g/mol. The van der Waals surface area contributed by atoms with Crippen molar-refractivity contribution >= 4 is 17.4 Å². The highest BCUT2D eigenvalue weighted by atomic mass is 19.4. The second-order valence-corrected chi connectivity index (χ2v) is 6.75. The highest BCUT2D eigenvalue weighted by Gasteiger charge is 2.43. The quantitative estimate of drug-likeness (QED) is 0.446. The van der Waals surface area contributed by atoms with Crippen LogP contribution < -0.4 is 0 Å². The fraction of sp³-hybridized carbons (Fsp3) is 0.278. The van der Waals surface area contributed by atoms with E-state index in [1.54, 1.807) is 26.8 Å². The summed E-state index contributed by atoms with van der Waals surface area (Å²) in [6, 6.07) is 8.99. The molecule has 2 aromatic rings. The number of rotatable bonds is 4. The van der Waals surface area contributed by atoms with Gasteiger partial charge in [-0.3, -0.25) is 9.89 Å². The Morgan fingerprint density at radius 1 is 1.21 bits per heavy atom. The number of carbonyl (C=O) groups is 1. The summed E-state index contributed by atoms with van der Waals surface area (Å²) in [5, 5.41) is 32.7. The number of H-pyrrole nitrogens is 1. The summed E-state index contributed by atoms with van der Waals surface area (Å²) < 4.78 is 38.8. The molecule has 0 amide bonds. The predicted octanol–water partition coefficient (Wildman–Crippen LogP) is 4.72. The molecule has 146 valence electrons. The number of halogens is 3. The Balaban J connectivity index is 2.58. The molecule has 2 rings (SSSR count). The van der Waals surface area contributed by atoms with Crippen LogP contribution in [0.3, 0.4) is 0 Å². The number of Topliss-reactive ketones (excluding diaryl/α,β-unsaturated/α-hetero) is 1. The fourth-order valence-corrected chi connectivity index (χ4v) is 2.22. The van der Waals surface area contributed by atoms with Gasteiger partial charge in [0.2, 0.25) is 5.82 Å². The van der Waals surface area contributed by atoms with Crippen LogP contribution in [-0.4, -0.2) is 27.3 Å². The van der Waals surface area contributed by atoms with Crippen molar-refractivity contribution in [1.82, 2.24) is 10.2 Å². The largest absolute Gasteiger partial charge is 0.505 e. The summed E-state index contributed by atoms with van der Waals surface area (Å²) >= 11 is 0. The lowest BCUT2D eigenvalue weighted by atomic mass is 9.90. The number of aliphatic hydroxyl groups is 1. The number of carbonyl (C=O) groups excluding carboxylic acids is 1. The molecule has 0 fully saturated rings. The Morgan fingerprint density at radius 3 is 2.32 bits per heavy atom. The average Bonchev–Trinajstić information content (AvgIpc) is 3.04. The van der Waals surface area contributed by atoms with E-state index >= 15 is 0 Å². The minimum atomic E-state index is -5.28. The first-order chi connectivity index (χ1) is 13.0. The van der Waals surface area contributed by atoms with Crippen LogP contribution in [0.4, 0.5) is 19.0 Å². The van der Waals surface area contributed by atoms with E-state index in [4.69, 9.17) is 0 Å². The van der Waals surface area contributed by atoms with Gasteiger partial charge < -0.3 is 5.11 Å². The van der Waals surface area contributed by atoms with Gasteiger partial charge in [-0.05, 0) is 0 Å². The second-order valence-electron chi connectivity index (χ2n) is 6.75. The number of aromatic nitrogens is 2. The van der Waals surface area contributed by atoms with Gasteiger partial charge in [0.15, 0.2) is 11.5 Å². The molecule has 0 aliphatic carbocycles. The molecule has 7 nitrogen and oxygen atoms in total. The summed E-state index contributed by atoms with van der Waals surface area (Å²) in [6.45, 7) is 5.38. The van der Waals surface area contributed by atoms with Crippen molar-refractivity contribution in [2.75, 3.05) is 0 Å². The number of nitrogens with zero attached hydrogens (tertiary/aromatic N) is 4. The highest BCUT2D eigenvalue weighted by Crippen LogP contribution is 2.31. The molecule has 0 aliphatic rings. The first-order valence-corrected chi connectivity index (χ1v) is 7.97. The maximum atomic E-state index is 12.9. The molecule has 0 spiro atoms. The lowest BCUT2D eigenvalue weighted by molar-refractivity contribution is -0.166. The number of hydrogen-bond acceptors (Lipinski definition) is 6. The summed E-state index contributed by atoms with van der Waals surface area (Å²) in [5.74, 6) is -3.65. The maximum absolute atomic E-state index is 12.9. The van der Waals surface area contributed by atoms with Gasteiger partial charge in [-0.25, -0.2) is 0 Å². The number of ketones is 1. The zero-order valence-electron chi connectivity index (χ0n) is 15.2. The van der Waals surface area contributed by atoms with Crippen LogP contribution in [0, 0.1) is 11.3 Å². The van der Waals surface area contributed by atoms with Crippen LogP contribution in [-0.2, 0) is 10.2 Å². The Kier molecular flexibility index (Phi) is 5.68. The SMILES string of the molecule is CC(C)(C)c1[nH]nc(/N=N/C(C(=O)C(F)(F)F)=C(\O)c2ccccc2)c1C#N. The average molecular weight is 391 g/mol. The Bertz CT molecular complexity index is 977. The Hall–Kier alpha value is -3.48. The van der Waals surface area contributed by atoms with Crippen LogP contribution in [0.5, 0.6) is 0 Å². The minimum Gasteiger partial charge on any atom is -0.505 e. The van der Waals surface area contributed by atoms with Crippen LogP contribution >= 0.6 is 0 Å². The number of azo groups is 1. The normalized spacial score (nSPS) is 13.3. The molecule has 0 saturated carbocycles. The lowest BCUT2D eigenvalue weighted by Gasteiger charge is -2.15. The summed E-state index contributed by atoms with van der Waals surface area (Å²) in [5.41, 5.74) is -1.48. The van der Waals surface area contributed by atoms with Crippen molar-refractivity contribution in [3.63, 3.8) is 0 Å². The number of hydrogen-bond donors (Lipinski definition) is 2. The molecule has 1 aromatic carbocycles. The monoisotopic (exact) mass is 391 g/mol. The fourth-order valence-electron chi connectivity index (χ4n) is 2.22. The number of allylic oxidation sites excluding steroid dienone is 1. The van der Waals surface area contributed by atoms with Gasteiger partial charge in [-0.2, -0.15) is 23.5 Å². The Morgan fingerprint density at radius 2 is 1.82 bits per heavy atom. The molecule has 0 bridgehead atoms. The number of aromatic amines is 1. The number of benzene rings is 1.